The Labute approximate surface area is 169 Å². The number of hydrogen-bond donors (Lipinski definition) is 1. The molecule has 0 bridgehead atoms. The van der Waals surface area contributed by atoms with Crippen molar-refractivity contribution >= 4 is 17.7 Å². The average molecular weight is 392 g/mol. The molecule has 28 heavy (non-hydrogen) atoms. The molecule has 158 valence electrons. The van der Waals surface area contributed by atoms with Crippen LogP contribution in [0.3, 0.4) is 0 Å². The molecular formula is C23H37NO4. The Balaban J connectivity index is 1.84. The van der Waals surface area contributed by atoms with Crippen LogP contribution in [0.1, 0.15) is 79.1 Å². The molecule has 6 atom stereocenters. The summed E-state index contributed by atoms with van der Waals surface area (Å²) >= 11 is 0. The van der Waals surface area contributed by atoms with Crippen LogP contribution < -0.4 is 0 Å². The Bertz CT molecular complexity index is 643. The van der Waals surface area contributed by atoms with Crippen molar-refractivity contribution in [2.75, 3.05) is 13.1 Å². The molecule has 0 aromatic heterocycles. The smallest absolute Gasteiger partial charge is 0.303 e. The standard InChI is InChI=1S/C23H37NO4/c1-5-24(6-2)21(28)18-9-8-16-15-7-10-19(25)23(4,14-12-20(26)27)17(15)11-13-22(16,18)3/h15-18H,5-14H2,1-4H3,(H,26,27)/t15-,16+,17-,18+,22+,23+/m1/s1. The molecule has 3 fully saturated rings. The zero-order valence-electron chi connectivity index (χ0n) is 18.0. The molecule has 0 spiro atoms. The highest BCUT2D eigenvalue weighted by Crippen LogP contribution is 2.64. The van der Waals surface area contributed by atoms with Crippen LogP contribution in [0.15, 0.2) is 0 Å². The minimum atomic E-state index is -0.817. The Morgan fingerprint density at radius 2 is 1.75 bits per heavy atom. The van der Waals surface area contributed by atoms with Crippen molar-refractivity contribution in [1.29, 1.82) is 0 Å². The maximum Gasteiger partial charge on any atom is 0.303 e. The number of carboxylic acid groups (broad SMARTS) is 1. The molecule has 3 rings (SSSR count). The zero-order valence-corrected chi connectivity index (χ0v) is 18.0. The zero-order chi connectivity index (χ0) is 20.7. The van der Waals surface area contributed by atoms with Crippen LogP contribution in [0, 0.1) is 34.5 Å². The molecule has 3 saturated carbocycles. The highest BCUT2D eigenvalue weighted by atomic mass is 16.4. The van der Waals surface area contributed by atoms with Gasteiger partial charge in [-0.3, -0.25) is 14.4 Å². The van der Waals surface area contributed by atoms with Crippen LogP contribution in [0.4, 0.5) is 0 Å². The molecule has 0 aliphatic heterocycles. The van der Waals surface area contributed by atoms with Gasteiger partial charge in [0.25, 0.3) is 0 Å². The van der Waals surface area contributed by atoms with Gasteiger partial charge < -0.3 is 10.0 Å². The van der Waals surface area contributed by atoms with E-state index in [1.54, 1.807) is 0 Å². The summed E-state index contributed by atoms with van der Waals surface area (Å²) in [5.41, 5.74) is -0.488. The lowest BCUT2D eigenvalue weighted by molar-refractivity contribution is -0.152. The number of carbonyl (C=O) groups is 3. The highest BCUT2D eigenvalue weighted by molar-refractivity contribution is 5.86. The number of amides is 1. The number of fused-ring (bicyclic) bond motifs is 3. The van der Waals surface area contributed by atoms with Crippen LogP contribution in [0.5, 0.6) is 0 Å². The van der Waals surface area contributed by atoms with Crippen molar-refractivity contribution in [2.24, 2.45) is 34.5 Å². The van der Waals surface area contributed by atoms with E-state index < -0.39 is 11.4 Å². The van der Waals surface area contributed by atoms with Gasteiger partial charge in [-0.15, -0.1) is 0 Å². The van der Waals surface area contributed by atoms with Gasteiger partial charge in [-0.1, -0.05) is 13.8 Å². The molecule has 0 saturated heterocycles. The molecule has 3 aliphatic carbocycles. The van der Waals surface area contributed by atoms with Crippen LogP contribution in [-0.4, -0.2) is 40.8 Å². The molecular weight excluding hydrogens is 354 g/mol. The van der Waals surface area contributed by atoms with E-state index in [1.807, 2.05) is 25.7 Å². The van der Waals surface area contributed by atoms with Gasteiger partial charge in [0.15, 0.2) is 0 Å². The van der Waals surface area contributed by atoms with Gasteiger partial charge in [0.2, 0.25) is 5.91 Å². The van der Waals surface area contributed by atoms with Crippen LogP contribution in [0.2, 0.25) is 0 Å². The van der Waals surface area contributed by atoms with E-state index in [2.05, 4.69) is 6.92 Å². The summed E-state index contributed by atoms with van der Waals surface area (Å²) in [5.74, 6) is 1.05. The summed E-state index contributed by atoms with van der Waals surface area (Å²) in [4.78, 5) is 39.2. The Morgan fingerprint density at radius 1 is 1.07 bits per heavy atom. The molecule has 1 N–H and O–H groups in total. The van der Waals surface area contributed by atoms with Crippen molar-refractivity contribution < 1.29 is 19.5 Å². The van der Waals surface area contributed by atoms with Gasteiger partial charge in [0, 0.05) is 37.3 Å². The lowest BCUT2D eigenvalue weighted by Gasteiger charge is -2.55. The van der Waals surface area contributed by atoms with Crippen molar-refractivity contribution in [1.82, 2.24) is 4.90 Å². The van der Waals surface area contributed by atoms with Gasteiger partial charge in [0.05, 0.1) is 0 Å². The summed E-state index contributed by atoms with van der Waals surface area (Å²) in [6.07, 6.45) is 5.95. The number of hydrogen-bond acceptors (Lipinski definition) is 3. The first-order valence-electron chi connectivity index (χ1n) is 11.2. The van der Waals surface area contributed by atoms with Crippen molar-refractivity contribution in [2.45, 2.75) is 79.1 Å². The van der Waals surface area contributed by atoms with Crippen LogP contribution in [-0.2, 0) is 14.4 Å². The van der Waals surface area contributed by atoms with E-state index in [1.165, 1.54) is 0 Å². The average Bonchev–Trinajstić information content (AvgIpc) is 3.01. The molecule has 3 aliphatic rings. The second kappa shape index (κ2) is 7.79. The molecule has 1 amide bonds. The third kappa shape index (κ3) is 3.29. The maximum absolute atomic E-state index is 13.2. The van der Waals surface area contributed by atoms with Gasteiger partial charge >= 0.3 is 5.97 Å². The summed E-state index contributed by atoms with van der Waals surface area (Å²) in [6, 6.07) is 0. The summed E-state index contributed by atoms with van der Waals surface area (Å²) in [7, 11) is 0. The molecule has 5 heteroatoms. The number of rotatable bonds is 6. The van der Waals surface area contributed by atoms with Crippen molar-refractivity contribution in [3.05, 3.63) is 0 Å². The summed E-state index contributed by atoms with van der Waals surface area (Å²) in [6.45, 7) is 9.96. The second-order valence-electron chi connectivity index (χ2n) is 9.83. The van der Waals surface area contributed by atoms with E-state index in [4.69, 9.17) is 0 Å². The minimum absolute atomic E-state index is 0.0228. The van der Waals surface area contributed by atoms with Crippen LogP contribution in [0.25, 0.3) is 0 Å². The predicted octanol–water partition coefficient (Wildman–Crippen LogP) is 4.15. The lowest BCUT2D eigenvalue weighted by atomic mass is 9.48. The Hall–Kier alpha value is -1.39. The van der Waals surface area contributed by atoms with E-state index in [0.717, 1.165) is 45.2 Å². The highest BCUT2D eigenvalue weighted by Gasteiger charge is 2.60. The maximum atomic E-state index is 13.2. The fourth-order valence-electron chi connectivity index (χ4n) is 7.12. The fraction of sp³-hybridized carbons (Fsp3) is 0.870. The first-order valence-corrected chi connectivity index (χ1v) is 11.2. The van der Waals surface area contributed by atoms with Gasteiger partial charge in [0.1, 0.15) is 5.78 Å². The first-order chi connectivity index (χ1) is 13.2. The van der Waals surface area contributed by atoms with Gasteiger partial charge in [-0.25, -0.2) is 0 Å². The minimum Gasteiger partial charge on any atom is -0.481 e. The quantitative estimate of drug-likeness (QED) is 0.738. The number of Topliss-reactive ketones (excluding diaryl/α,β-unsaturated/α-hetero) is 1. The Morgan fingerprint density at radius 3 is 2.36 bits per heavy atom. The third-order valence-corrected chi connectivity index (χ3v) is 8.83. The Kier molecular flexibility index (Phi) is 5.94. The van der Waals surface area contributed by atoms with Crippen molar-refractivity contribution in [3.63, 3.8) is 0 Å². The van der Waals surface area contributed by atoms with E-state index in [0.29, 0.717) is 30.6 Å². The van der Waals surface area contributed by atoms with E-state index >= 15 is 0 Å². The molecule has 0 aromatic carbocycles. The molecule has 0 radical (unpaired) electrons. The molecule has 0 heterocycles. The number of carboxylic acids is 1. The van der Waals surface area contributed by atoms with Crippen molar-refractivity contribution in [3.8, 4) is 0 Å². The fourth-order valence-corrected chi connectivity index (χ4v) is 7.12. The third-order valence-electron chi connectivity index (χ3n) is 8.83. The number of ketones is 1. The normalized spacial score (nSPS) is 39.9. The lowest BCUT2D eigenvalue weighted by Crippen LogP contribution is -2.53. The number of nitrogens with zero attached hydrogens (tertiary/aromatic N) is 1. The van der Waals surface area contributed by atoms with E-state index in [-0.39, 0.29) is 29.5 Å². The predicted molar refractivity (Wildman–Crippen MR) is 108 cm³/mol. The van der Waals surface area contributed by atoms with Crippen LogP contribution >= 0.6 is 0 Å². The van der Waals surface area contributed by atoms with E-state index in [9.17, 15) is 19.5 Å². The molecule has 0 aromatic rings. The summed E-state index contributed by atoms with van der Waals surface area (Å²) < 4.78 is 0. The molecule has 5 nitrogen and oxygen atoms in total. The van der Waals surface area contributed by atoms with Gasteiger partial charge in [-0.2, -0.15) is 0 Å². The SMILES string of the molecule is CCN(CC)C(=O)[C@@H]1CC[C@H]2[C@H]3CCC(=O)[C@@](C)(CCC(=O)O)[C@@H]3CC[C@]12C. The molecule has 0 unspecified atom stereocenters. The first kappa shape index (κ1) is 21.3. The topological polar surface area (TPSA) is 74.7 Å². The largest absolute Gasteiger partial charge is 0.481 e. The summed E-state index contributed by atoms with van der Waals surface area (Å²) in [5, 5.41) is 9.17. The number of aliphatic carboxylic acids is 1. The number of carbonyl (C=O) groups excluding carboxylic acids is 2. The second-order valence-corrected chi connectivity index (χ2v) is 9.83. The monoisotopic (exact) mass is 391 g/mol. The van der Waals surface area contributed by atoms with Gasteiger partial charge in [-0.05, 0) is 75.5 Å².